The molecule has 2 aromatic carbocycles. The van der Waals surface area contributed by atoms with Crippen LogP contribution in [-0.2, 0) is 11.3 Å². The summed E-state index contributed by atoms with van der Waals surface area (Å²) < 4.78 is 12.0. The normalized spacial score (nSPS) is 11.0. The van der Waals surface area contributed by atoms with Crippen LogP contribution >= 0.6 is 0 Å². The van der Waals surface area contributed by atoms with Crippen molar-refractivity contribution in [1.29, 1.82) is 0 Å². The summed E-state index contributed by atoms with van der Waals surface area (Å²) in [5.74, 6) is 0.286. The lowest BCUT2D eigenvalue weighted by Crippen LogP contribution is -2.20. The first-order chi connectivity index (χ1) is 12.7. The molecule has 2 heterocycles. The second-order valence-corrected chi connectivity index (χ2v) is 5.70. The molecule has 26 heavy (non-hydrogen) atoms. The highest BCUT2D eigenvalue weighted by Crippen LogP contribution is 2.24. The largest absolute Gasteiger partial charge is 0.495 e. The Morgan fingerprint density at radius 3 is 2.77 bits per heavy atom. The maximum atomic E-state index is 12.5. The van der Waals surface area contributed by atoms with Crippen LogP contribution in [0.3, 0.4) is 0 Å². The summed E-state index contributed by atoms with van der Waals surface area (Å²) in [7, 11) is 1.54. The van der Waals surface area contributed by atoms with Crippen molar-refractivity contribution >= 4 is 33.5 Å². The molecule has 0 fully saturated rings. The monoisotopic (exact) mass is 349 g/mol. The van der Waals surface area contributed by atoms with Gasteiger partial charge in [-0.15, -0.1) is 0 Å². The molecule has 0 radical (unpaired) electrons. The molecule has 0 spiro atoms. The van der Waals surface area contributed by atoms with Gasteiger partial charge in [0.15, 0.2) is 0 Å². The van der Waals surface area contributed by atoms with Gasteiger partial charge in [0.2, 0.25) is 5.91 Å². The molecule has 0 aliphatic carbocycles. The van der Waals surface area contributed by atoms with Crippen LogP contribution in [-0.4, -0.2) is 22.8 Å². The maximum Gasteiger partial charge on any atom is 0.347 e. The van der Waals surface area contributed by atoms with Crippen LogP contribution in [0.5, 0.6) is 5.75 Å². The van der Waals surface area contributed by atoms with Gasteiger partial charge in [0.25, 0.3) is 0 Å². The second kappa shape index (κ2) is 6.36. The average Bonchev–Trinajstić information content (AvgIpc) is 3.07. The van der Waals surface area contributed by atoms with Gasteiger partial charge in [0, 0.05) is 5.39 Å². The van der Waals surface area contributed by atoms with E-state index in [4.69, 9.17) is 9.15 Å². The second-order valence-electron chi connectivity index (χ2n) is 5.70. The van der Waals surface area contributed by atoms with Gasteiger partial charge in [0.05, 0.1) is 24.5 Å². The van der Waals surface area contributed by atoms with Crippen molar-refractivity contribution in [3.05, 3.63) is 65.1 Å². The van der Waals surface area contributed by atoms with Gasteiger partial charge >= 0.3 is 5.63 Å². The molecule has 0 bridgehead atoms. The lowest BCUT2D eigenvalue weighted by molar-refractivity contribution is -0.116. The molecule has 7 nitrogen and oxygen atoms in total. The summed E-state index contributed by atoms with van der Waals surface area (Å²) in [6, 6.07) is 14.3. The van der Waals surface area contributed by atoms with E-state index >= 15 is 0 Å². The fourth-order valence-corrected chi connectivity index (χ4v) is 2.92. The SMILES string of the molecule is COc1ccccc1NC(=O)Cn1ncc2c(=O)oc3ccccc3c21. The molecule has 0 saturated heterocycles. The predicted octanol–water partition coefficient (Wildman–Crippen LogP) is 2.79. The molecule has 7 heteroatoms. The van der Waals surface area contributed by atoms with Gasteiger partial charge in [-0.3, -0.25) is 9.48 Å². The van der Waals surface area contributed by atoms with Crippen molar-refractivity contribution in [3.63, 3.8) is 0 Å². The topological polar surface area (TPSA) is 86.4 Å². The maximum absolute atomic E-state index is 12.5. The molecular weight excluding hydrogens is 334 g/mol. The van der Waals surface area contributed by atoms with Crippen LogP contribution in [0.2, 0.25) is 0 Å². The molecule has 0 unspecified atom stereocenters. The molecule has 1 N–H and O–H groups in total. The first kappa shape index (κ1) is 15.9. The zero-order valence-electron chi connectivity index (χ0n) is 13.9. The Hall–Kier alpha value is -3.61. The summed E-state index contributed by atoms with van der Waals surface area (Å²) in [5, 5.41) is 8.06. The number of benzene rings is 2. The number of amides is 1. The first-order valence-electron chi connectivity index (χ1n) is 7.97. The third kappa shape index (κ3) is 2.69. The molecular formula is C19H15N3O4. The standard InChI is InChI=1S/C19H15N3O4/c1-25-16-9-5-3-7-14(16)21-17(23)11-22-18-12-6-2-4-8-15(12)26-19(24)13(18)10-20-22/h2-10H,11H2,1H3,(H,21,23). The van der Waals surface area contributed by atoms with Gasteiger partial charge in [-0.2, -0.15) is 5.10 Å². The van der Waals surface area contributed by atoms with Crippen molar-refractivity contribution in [1.82, 2.24) is 9.78 Å². The van der Waals surface area contributed by atoms with Crippen molar-refractivity contribution in [2.24, 2.45) is 0 Å². The van der Waals surface area contributed by atoms with Crippen LogP contribution in [0.1, 0.15) is 0 Å². The van der Waals surface area contributed by atoms with Gasteiger partial charge in [-0.25, -0.2) is 4.79 Å². The number of carbonyl (C=O) groups is 1. The molecule has 4 rings (SSSR count). The van der Waals surface area contributed by atoms with Crippen LogP contribution in [0.4, 0.5) is 5.69 Å². The molecule has 1 amide bonds. The van der Waals surface area contributed by atoms with E-state index in [-0.39, 0.29) is 12.5 Å². The predicted molar refractivity (Wildman–Crippen MR) is 97.4 cm³/mol. The Morgan fingerprint density at radius 2 is 1.92 bits per heavy atom. The van der Waals surface area contributed by atoms with Crippen molar-refractivity contribution in [3.8, 4) is 5.75 Å². The highest BCUT2D eigenvalue weighted by Gasteiger charge is 2.15. The zero-order valence-corrected chi connectivity index (χ0v) is 13.9. The third-order valence-corrected chi connectivity index (χ3v) is 4.08. The fourth-order valence-electron chi connectivity index (χ4n) is 2.92. The van der Waals surface area contributed by atoms with Crippen LogP contribution in [0, 0.1) is 0 Å². The number of anilines is 1. The zero-order chi connectivity index (χ0) is 18.1. The van der Waals surface area contributed by atoms with Crippen molar-refractivity contribution < 1.29 is 13.9 Å². The minimum atomic E-state index is -0.477. The highest BCUT2D eigenvalue weighted by molar-refractivity contribution is 6.02. The van der Waals surface area contributed by atoms with Crippen LogP contribution in [0.25, 0.3) is 21.9 Å². The Kier molecular flexibility index (Phi) is 3.89. The van der Waals surface area contributed by atoms with Crippen LogP contribution in [0.15, 0.2) is 63.9 Å². The lowest BCUT2D eigenvalue weighted by atomic mass is 10.2. The van der Waals surface area contributed by atoms with E-state index < -0.39 is 5.63 Å². The summed E-state index contributed by atoms with van der Waals surface area (Å²) in [4.78, 5) is 24.6. The Morgan fingerprint density at radius 1 is 1.15 bits per heavy atom. The van der Waals surface area contributed by atoms with E-state index in [9.17, 15) is 9.59 Å². The number of fused-ring (bicyclic) bond motifs is 3. The number of rotatable bonds is 4. The molecule has 0 aliphatic heterocycles. The number of hydrogen-bond acceptors (Lipinski definition) is 5. The van der Waals surface area contributed by atoms with Crippen molar-refractivity contribution in [2.75, 3.05) is 12.4 Å². The van der Waals surface area contributed by atoms with Crippen LogP contribution < -0.4 is 15.7 Å². The molecule has 4 aromatic rings. The van der Waals surface area contributed by atoms with E-state index in [1.165, 1.54) is 18.0 Å². The number of methoxy groups -OCH3 is 1. The van der Waals surface area contributed by atoms with Gasteiger partial charge < -0.3 is 14.5 Å². The smallest absolute Gasteiger partial charge is 0.347 e. The quantitative estimate of drug-likeness (QED) is 0.573. The minimum Gasteiger partial charge on any atom is -0.495 e. The third-order valence-electron chi connectivity index (χ3n) is 4.08. The van der Waals surface area contributed by atoms with E-state index in [1.54, 1.807) is 30.3 Å². The van der Waals surface area contributed by atoms with Gasteiger partial charge in [0.1, 0.15) is 23.3 Å². The van der Waals surface area contributed by atoms with E-state index in [0.717, 1.165) is 5.39 Å². The summed E-state index contributed by atoms with van der Waals surface area (Å²) in [6.07, 6.45) is 1.42. The van der Waals surface area contributed by atoms with E-state index in [1.807, 2.05) is 18.2 Å². The lowest BCUT2D eigenvalue weighted by Gasteiger charge is -2.10. The summed E-state index contributed by atoms with van der Waals surface area (Å²) in [5.41, 5.74) is 1.12. The minimum absolute atomic E-state index is 0.0466. The summed E-state index contributed by atoms with van der Waals surface area (Å²) in [6.45, 7) is -0.0466. The Labute approximate surface area is 147 Å². The molecule has 0 saturated carbocycles. The highest BCUT2D eigenvalue weighted by atomic mass is 16.5. The molecule has 0 aliphatic rings. The van der Waals surface area contributed by atoms with E-state index in [2.05, 4.69) is 10.4 Å². The molecule has 130 valence electrons. The Balaban J connectivity index is 1.71. The average molecular weight is 349 g/mol. The van der Waals surface area contributed by atoms with Crippen molar-refractivity contribution in [2.45, 2.75) is 6.54 Å². The number of nitrogens with zero attached hydrogens (tertiary/aromatic N) is 2. The Bertz CT molecular complexity index is 1180. The molecule has 2 aromatic heterocycles. The number of ether oxygens (including phenoxy) is 1. The number of carbonyl (C=O) groups excluding carboxylic acids is 1. The fraction of sp³-hybridized carbons (Fsp3) is 0.105. The number of aromatic nitrogens is 2. The number of hydrogen-bond donors (Lipinski definition) is 1. The molecule has 0 atom stereocenters. The van der Waals surface area contributed by atoms with Gasteiger partial charge in [-0.1, -0.05) is 24.3 Å². The van der Waals surface area contributed by atoms with E-state index in [0.29, 0.717) is 27.9 Å². The number of nitrogens with one attached hydrogen (secondary N) is 1. The van der Waals surface area contributed by atoms with Gasteiger partial charge in [-0.05, 0) is 24.3 Å². The first-order valence-corrected chi connectivity index (χ1v) is 7.97. The summed E-state index contributed by atoms with van der Waals surface area (Å²) >= 11 is 0. The number of para-hydroxylation sites is 3.